The second-order valence-electron chi connectivity index (χ2n) is 3.62. The first kappa shape index (κ1) is 13.2. The van der Waals surface area contributed by atoms with Gasteiger partial charge in [0.25, 0.3) is 0 Å². The van der Waals surface area contributed by atoms with Crippen molar-refractivity contribution in [1.82, 2.24) is 4.98 Å². The highest BCUT2D eigenvalue weighted by molar-refractivity contribution is 7.13. The molecule has 19 heavy (non-hydrogen) atoms. The minimum Gasteiger partial charge on any atom is -0.464 e. The maximum Gasteiger partial charge on any atom is 0.357 e. The van der Waals surface area contributed by atoms with E-state index in [9.17, 15) is 9.59 Å². The van der Waals surface area contributed by atoms with Gasteiger partial charge in [-0.2, -0.15) is 0 Å². The van der Waals surface area contributed by atoms with Gasteiger partial charge in [-0.1, -0.05) is 12.1 Å². The van der Waals surface area contributed by atoms with E-state index in [0.717, 1.165) is 0 Å². The molecule has 0 radical (unpaired) electrons. The summed E-state index contributed by atoms with van der Waals surface area (Å²) in [5.41, 5.74) is 0.901. The molecule has 0 aliphatic rings. The second-order valence-corrected chi connectivity index (χ2v) is 4.48. The van der Waals surface area contributed by atoms with Gasteiger partial charge in [-0.15, -0.1) is 11.3 Å². The van der Waals surface area contributed by atoms with E-state index in [0.29, 0.717) is 16.3 Å². The van der Waals surface area contributed by atoms with Crippen LogP contribution < -0.4 is 4.74 Å². The summed E-state index contributed by atoms with van der Waals surface area (Å²) in [5.74, 6) is -0.481. The zero-order valence-electron chi connectivity index (χ0n) is 10.4. The third-order valence-corrected chi connectivity index (χ3v) is 3.15. The summed E-state index contributed by atoms with van der Waals surface area (Å²) in [6, 6.07) is 7.02. The molecule has 0 aliphatic heterocycles. The molecule has 0 unspecified atom stereocenters. The largest absolute Gasteiger partial charge is 0.464 e. The Kier molecular flexibility index (Phi) is 3.91. The van der Waals surface area contributed by atoms with Crippen LogP contribution in [0.1, 0.15) is 17.4 Å². The molecule has 0 fully saturated rings. The Morgan fingerprint density at radius 3 is 2.68 bits per heavy atom. The molecule has 0 atom stereocenters. The van der Waals surface area contributed by atoms with E-state index in [1.165, 1.54) is 25.4 Å². The van der Waals surface area contributed by atoms with Crippen molar-refractivity contribution in [3.05, 3.63) is 35.3 Å². The first-order valence-corrected chi connectivity index (χ1v) is 6.31. The quantitative estimate of drug-likeness (QED) is 0.637. The van der Waals surface area contributed by atoms with Gasteiger partial charge in [-0.25, -0.2) is 9.78 Å². The number of esters is 2. The smallest absolute Gasteiger partial charge is 0.357 e. The summed E-state index contributed by atoms with van der Waals surface area (Å²) < 4.78 is 9.71. The number of benzene rings is 1. The van der Waals surface area contributed by atoms with Crippen molar-refractivity contribution in [3.8, 4) is 16.3 Å². The summed E-state index contributed by atoms with van der Waals surface area (Å²) in [5, 5.41) is 2.20. The highest BCUT2D eigenvalue weighted by atomic mass is 32.1. The fourth-order valence-electron chi connectivity index (χ4n) is 1.48. The van der Waals surface area contributed by atoms with Crippen molar-refractivity contribution in [2.24, 2.45) is 0 Å². The topological polar surface area (TPSA) is 65.5 Å². The lowest BCUT2D eigenvalue weighted by Gasteiger charge is -2.05. The number of nitrogens with zero attached hydrogens (tertiary/aromatic N) is 1. The highest BCUT2D eigenvalue weighted by Gasteiger charge is 2.15. The minimum atomic E-state index is -0.493. The lowest BCUT2D eigenvalue weighted by atomic mass is 10.2. The number of aromatic nitrogens is 1. The summed E-state index contributed by atoms with van der Waals surface area (Å²) in [6.07, 6.45) is 0. The lowest BCUT2D eigenvalue weighted by molar-refractivity contribution is -0.131. The van der Waals surface area contributed by atoms with Crippen molar-refractivity contribution in [2.75, 3.05) is 7.11 Å². The first-order valence-electron chi connectivity index (χ1n) is 5.43. The molecule has 0 bridgehead atoms. The maximum absolute atomic E-state index is 11.4. The van der Waals surface area contributed by atoms with Gasteiger partial charge in [0.1, 0.15) is 10.8 Å². The molecule has 1 aromatic heterocycles. The van der Waals surface area contributed by atoms with Crippen molar-refractivity contribution in [1.29, 1.82) is 0 Å². The molecule has 2 aromatic rings. The van der Waals surface area contributed by atoms with E-state index in [2.05, 4.69) is 9.72 Å². The van der Waals surface area contributed by atoms with Crippen molar-refractivity contribution in [3.63, 3.8) is 0 Å². The number of ether oxygens (including phenoxy) is 2. The van der Waals surface area contributed by atoms with Crippen LogP contribution in [0.3, 0.4) is 0 Å². The summed E-state index contributed by atoms with van der Waals surface area (Å²) in [4.78, 5) is 26.6. The Labute approximate surface area is 113 Å². The Hall–Kier alpha value is -2.21. The Bertz CT molecular complexity index is 621. The maximum atomic E-state index is 11.4. The van der Waals surface area contributed by atoms with Gasteiger partial charge in [0, 0.05) is 12.3 Å². The SMILES string of the molecule is COC(=O)c1csc(-c2ccccc2OC(C)=O)n1. The van der Waals surface area contributed by atoms with Crippen LogP contribution >= 0.6 is 11.3 Å². The average Bonchev–Trinajstić information content (AvgIpc) is 2.87. The van der Waals surface area contributed by atoms with E-state index in [1.54, 1.807) is 23.6 Å². The fraction of sp³-hybridized carbons (Fsp3) is 0.154. The number of hydrogen-bond donors (Lipinski definition) is 0. The Morgan fingerprint density at radius 2 is 2.00 bits per heavy atom. The van der Waals surface area contributed by atoms with Gasteiger partial charge in [-0.3, -0.25) is 4.79 Å². The number of thiazole rings is 1. The normalized spacial score (nSPS) is 10.0. The molecule has 98 valence electrons. The van der Waals surface area contributed by atoms with E-state index in [4.69, 9.17) is 4.74 Å². The predicted octanol–water partition coefficient (Wildman–Crippen LogP) is 2.52. The summed E-state index contributed by atoms with van der Waals surface area (Å²) in [7, 11) is 1.30. The van der Waals surface area contributed by atoms with E-state index in [-0.39, 0.29) is 5.69 Å². The molecule has 0 N–H and O–H groups in total. The number of para-hydroxylation sites is 1. The predicted molar refractivity (Wildman–Crippen MR) is 70.2 cm³/mol. The van der Waals surface area contributed by atoms with Gasteiger partial charge in [0.05, 0.1) is 12.7 Å². The molecule has 0 spiro atoms. The molecule has 0 saturated carbocycles. The van der Waals surface area contributed by atoms with Gasteiger partial charge < -0.3 is 9.47 Å². The van der Waals surface area contributed by atoms with Crippen LogP contribution in [0.4, 0.5) is 0 Å². The zero-order chi connectivity index (χ0) is 13.8. The number of methoxy groups -OCH3 is 1. The summed E-state index contributed by atoms with van der Waals surface area (Å²) >= 11 is 1.28. The highest BCUT2D eigenvalue weighted by Crippen LogP contribution is 2.32. The van der Waals surface area contributed by atoms with Crippen LogP contribution in [0, 0.1) is 0 Å². The summed E-state index contributed by atoms with van der Waals surface area (Å²) in [6.45, 7) is 1.33. The van der Waals surface area contributed by atoms with Crippen molar-refractivity contribution in [2.45, 2.75) is 6.92 Å². The lowest BCUT2D eigenvalue weighted by Crippen LogP contribution is -2.03. The number of hydrogen-bond acceptors (Lipinski definition) is 6. The third kappa shape index (κ3) is 2.97. The fourth-order valence-corrected chi connectivity index (χ4v) is 2.30. The molecule has 6 heteroatoms. The molecular formula is C13H11NO4S. The van der Waals surface area contributed by atoms with E-state index in [1.807, 2.05) is 6.07 Å². The van der Waals surface area contributed by atoms with Crippen LogP contribution in [-0.2, 0) is 9.53 Å². The molecular weight excluding hydrogens is 266 g/mol. The van der Waals surface area contributed by atoms with Crippen molar-refractivity contribution < 1.29 is 19.1 Å². The third-order valence-electron chi connectivity index (χ3n) is 2.27. The number of rotatable bonds is 3. The Morgan fingerprint density at radius 1 is 1.26 bits per heavy atom. The van der Waals surface area contributed by atoms with E-state index < -0.39 is 11.9 Å². The van der Waals surface area contributed by atoms with Crippen LogP contribution in [0.2, 0.25) is 0 Å². The van der Waals surface area contributed by atoms with Gasteiger partial charge in [0.15, 0.2) is 5.69 Å². The first-order chi connectivity index (χ1) is 9.11. The van der Waals surface area contributed by atoms with Crippen LogP contribution in [0.25, 0.3) is 10.6 Å². The molecule has 1 heterocycles. The van der Waals surface area contributed by atoms with Crippen molar-refractivity contribution >= 4 is 23.3 Å². The van der Waals surface area contributed by atoms with Crippen LogP contribution in [0.15, 0.2) is 29.6 Å². The average molecular weight is 277 g/mol. The van der Waals surface area contributed by atoms with E-state index >= 15 is 0 Å². The second kappa shape index (κ2) is 5.62. The minimum absolute atomic E-state index is 0.236. The molecule has 0 amide bonds. The van der Waals surface area contributed by atoms with Gasteiger partial charge >= 0.3 is 11.9 Å². The van der Waals surface area contributed by atoms with Crippen LogP contribution in [0.5, 0.6) is 5.75 Å². The van der Waals surface area contributed by atoms with Gasteiger partial charge in [0.2, 0.25) is 0 Å². The zero-order valence-corrected chi connectivity index (χ0v) is 11.2. The van der Waals surface area contributed by atoms with Crippen LogP contribution in [-0.4, -0.2) is 24.0 Å². The Balaban J connectivity index is 2.38. The number of carbonyl (C=O) groups is 2. The molecule has 1 aromatic carbocycles. The molecule has 0 aliphatic carbocycles. The molecule has 2 rings (SSSR count). The molecule has 0 saturated heterocycles. The number of carbonyl (C=O) groups excluding carboxylic acids is 2. The monoisotopic (exact) mass is 277 g/mol. The standard InChI is InChI=1S/C13H11NO4S/c1-8(15)18-11-6-4-3-5-9(11)12-14-10(7-19-12)13(16)17-2/h3-7H,1-2H3. The van der Waals surface area contributed by atoms with Gasteiger partial charge in [-0.05, 0) is 12.1 Å². The molecule has 5 nitrogen and oxygen atoms in total.